The third-order valence-corrected chi connectivity index (χ3v) is 11.4. The summed E-state index contributed by atoms with van der Waals surface area (Å²) in [4.78, 5) is 0. The Morgan fingerprint density at radius 1 is 0.469 bits per heavy atom. The van der Waals surface area contributed by atoms with Crippen molar-refractivity contribution in [1.82, 2.24) is 0 Å². The van der Waals surface area contributed by atoms with E-state index < -0.39 is 22.0 Å². The zero-order valence-corrected chi connectivity index (χ0v) is 30.3. The number of ether oxygens (including phenoxy) is 4. The van der Waals surface area contributed by atoms with Gasteiger partial charge in [0.05, 0.1) is 25.0 Å². The molecular weight excluding hydrogens is 604 g/mol. The van der Waals surface area contributed by atoms with Gasteiger partial charge in [0.15, 0.2) is 0 Å². The van der Waals surface area contributed by atoms with Gasteiger partial charge < -0.3 is 18.9 Å². The van der Waals surface area contributed by atoms with E-state index in [1.807, 2.05) is 20.3 Å². The lowest BCUT2D eigenvalue weighted by Gasteiger charge is -2.68. The molecule has 4 nitrogen and oxygen atoms in total. The summed E-state index contributed by atoms with van der Waals surface area (Å²) in [7, 11) is 7.07. The monoisotopic (exact) mass is 652 g/mol. The minimum Gasteiger partial charge on any atom is -0.497 e. The highest BCUT2D eigenvalue weighted by Crippen LogP contribution is 2.71. The highest BCUT2D eigenvalue weighted by molar-refractivity contribution is 5.90. The van der Waals surface area contributed by atoms with Crippen LogP contribution in [0.25, 0.3) is 5.57 Å². The first-order valence-electron chi connectivity index (χ1n) is 16.9. The normalized spacial score (nSPS) is 25.2. The summed E-state index contributed by atoms with van der Waals surface area (Å²) in [5.74, 6) is 1.41. The molecule has 0 radical (unpaired) electrons. The predicted molar refractivity (Wildman–Crippen MR) is 200 cm³/mol. The fourth-order valence-electron chi connectivity index (χ4n) is 9.14. The molecule has 0 amide bonds. The summed E-state index contributed by atoms with van der Waals surface area (Å²) < 4.78 is 26.1. The Morgan fingerprint density at radius 3 is 1.43 bits per heavy atom. The van der Waals surface area contributed by atoms with E-state index in [4.69, 9.17) is 18.9 Å². The fraction of sp³-hybridized carbons (Fsp3) is 0.289. The Morgan fingerprint density at radius 2 is 0.959 bits per heavy atom. The molecule has 0 heterocycles. The number of rotatable bonds is 9. The molecule has 4 unspecified atom stereocenters. The van der Waals surface area contributed by atoms with Crippen LogP contribution >= 0.6 is 0 Å². The first kappa shape index (κ1) is 34.2. The SMILES string of the molecule is COc1cc(OC)cc(C2(c3ccccc3)C(c3ccccc3)=C(C)C(C)(OC)C(C)(OC)C2(c2ccccc2)c2cc(C)cc(C)c2)c1. The van der Waals surface area contributed by atoms with Gasteiger partial charge in [0.25, 0.3) is 0 Å². The lowest BCUT2D eigenvalue weighted by molar-refractivity contribution is -0.192. The number of aryl methyl sites for hydroxylation is 2. The van der Waals surface area contributed by atoms with Gasteiger partial charge in [-0.3, -0.25) is 0 Å². The van der Waals surface area contributed by atoms with Gasteiger partial charge in [-0.1, -0.05) is 120 Å². The molecule has 5 aromatic rings. The van der Waals surface area contributed by atoms with Crippen LogP contribution in [0, 0.1) is 13.8 Å². The van der Waals surface area contributed by atoms with Crippen LogP contribution < -0.4 is 9.47 Å². The van der Waals surface area contributed by atoms with Gasteiger partial charge in [-0.2, -0.15) is 0 Å². The van der Waals surface area contributed by atoms with Crippen molar-refractivity contribution in [2.24, 2.45) is 0 Å². The number of benzene rings is 5. The van der Waals surface area contributed by atoms with Crippen molar-refractivity contribution in [2.45, 2.75) is 56.7 Å². The molecular formula is C45H48O4. The molecule has 0 saturated carbocycles. The first-order valence-corrected chi connectivity index (χ1v) is 16.9. The average molecular weight is 653 g/mol. The zero-order chi connectivity index (χ0) is 35.0. The summed E-state index contributed by atoms with van der Waals surface area (Å²) in [6.45, 7) is 11.0. The number of hydrogen-bond acceptors (Lipinski definition) is 4. The van der Waals surface area contributed by atoms with E-state index >= 15 is 0 Å². The van der Waals surface area contributed by atoms with Crippen LogP contribution in [0.3, 0.4) is 0 Å². The summed E-state index contributed by atoms with van der Waals surface area (Å²) in [5.41, 5.74) is 6.11. The summed E-state index contributed by atoms with van der Waals surface area (Å²) in [5, 5.41) is 0. The lowest BCUT2D eigenvalue weighted by atomic mass is 9.37. The standard InChI is InChI=1S/C45H48O4/c1-31-25-32(2)27-38(26-31)45(36-23-17-12-18-24-36)43(5,49-9)42(4,48-8)33(3)41(34-19-13-10-14-20-34)44(45,35-21-15-11-16-22-35)37-28-39(46-6)30-40(29-37)47-7/h10-30H,1-9H3. The summed E-state index contributed by atoms with van der Waals surface area (Å²) in [6.07, 6.45) is 0. The van der Waals surface area contributed by atoms with Crippen LogP contribution in [0.2, 0.25) is 0 Å². The largest absolute Gasteiger partial charge is 0.497 e. The van der Waals surface area contributed by atoms with E-state index in [0.717, 1.165) is 39.0 Å². The molecule has 1 aliphatic rings. The van der Waals surface area contributed by atoms with Crippen LogP contribution in [-0.2, 0) is 20.3 Å². The number of hydrogen-bond donors (Lipinski definition) is 0. The van der Waals surface area contributed by atoms with Gasteiger partial charge in [-0.05, 0) is 85.7 Å². The molecule has 0 aromatic heterocycles. The molecule has 0 fully saturated rings. The third-order valence-electron chi connectivity index (χ3n) is 11.4. The summed E-state index contributed by atoms with van der Waals surface area (Å²) >= 11 is 0. The Labute approximate surface area is 292 Å². The smallest absolute Gasteiger partial charge is 0.122 e. The maximum atomic E-state index is 7.13. The van der Waals surface area contributed by atoms with E-state index in [1.165, 1.54) is 11.1 Å². The highest BCUT2D eigenvalue weighted by atomic mass is 16.5. The molecule has 0 aliphatic heterocycles. The molecule has 0 saturated heterocycles. The Bertz CT molecular complexity index is 1930. The molecule has 252 valence electrons. The van der Waals surface area contributed by atoms with Gasteiger partial charge >= 0.3 is 0 Å². The third kappa shape index (κ3) is 4.80. The van der Waals surface area contributed by atoms with Crippen molar-refractivity contribution in [3.63, 3.8) is 0 Å². The summed E-state index contributed by atoms with van der Waals surface area (Å²) in [6, 6.07) is 45.7. The maximum Gasteiger partial charge on any atom is 0.122 e. The van der Waals surface area contributed by atoms with Crippen molar-refractivity contribution in [1.29, 1.82) is 0 Å². The molecule has 0 bridgehead atoms. The van der Waals surface area contributed by atoms with Crippen molar-refractivity contribution in [3.8, 4) is 11.5 Å². The minimum absolute atomic E-state index is 0.705. The molecule has 6 rings (SSSR count). The molecule has 0 N–H and O–H groups in total. The highest BCUT2D eigenvalue weighted by Gasteiger charge is 2.75. The van der Waals surface area contributed by atoms with Gasteiger partial charge in [0.1, 0.15) is 22.7 Å². The van der Waals surface area contributed by atoms with E-state index in [2.05, 4.69) is 156 Å². The molecule has 4 atom stereocenters. The number of methoxy groups -OCH3 is 4. The van der Waals surface area contributed by atoms with Gasteiger partial charge in [0.2, 0.25) is 0 Å². The van der Waals surface area contributed by atoms with Crippen molar-refractivity contribution in [2.75, 3.05) is 28.4 Å². The van der Waals surface area contributed by atoms with Gasteiger partial charge in [0, 0.05) is 20.3 Å². The van der Waals surface area contributed by atoms with Crippen molar-refractivity contribution >= 4 is 5.57 Å². The topological polar surface area (TPSA) is 36.9 Å². The van der Waals surface area contributed by atoms with Crippen molar-refractivity contribution < 1.29 is 18.9 Å². The first-order chi connectivity index (χ1) is 23.6. The van der Waals surface area contributed by atoms with Gasteiger partial charge in [-0.25, -0.2) is 0 Å². The Hall–Kier alpha value is -4.64. The molecule has 0 spiro atoms. The Kier molecular flexibility index (Phi) is 9.08. The molecule has 49 heavy (non-hydrogen) atoms. The Balaban J connectivity index is 2.08. The van der Waals surface area contributed by atoms with Crippen LogP contribution in [0.15, 0.2) is 133 Å². The maximum absolute atomic E-state index is 7.13. The van der Waals surface area contributed by atoms with E-state index in [9.17, 15) is 0 Å². The molecule has 4 heteroatoms. The van der Waals surface area contributed by atoms with E-state index in [1.54, 1.807) is 14.2 Å². The quantitative estimate of drug-likeness (QED) is 0.159. The zero-order valence-electron chi connectivity index (χ0n) is 30.3. The predicted octanol–water partition coefficient (Wildman–Crippen LogP) is 9.89. The van der Waals surface area contributed by atoms with Crippen LogP contribution in [0.5, 0.6) is 11.5 Å². The lowest BCUT2D eigenvalue weighted by Crippen LogP contribution is -2.75. The van der Waals surface area contributed by atoms with Crippen LogP contribution in [-0.4, -0.2) is 39.6 Å². The number of allylic oxidation sites excluding steroid dienone is 1. The van der Waals surface area contributed by atoms with E-state index in [0.29, 0.717) is 11.5 Å². The van der Waals surface area contributed by atoms with Gasteiger partial charge in [-0.15, -0.1) is 0 Å². The minimum atomic E-state index is -1.02. The second kappa shape index (κ2) is 13.0. The fourth-order valence-corrected chi connectivity index (χ4v) is 9.14. The molecule has 1 aliphatic carbocycles. The van der Waals surface area contributed by atoms with Crippen LogP contribution in [0.1, 0.15) is 59.7 Å². The second-order valence-corrected chi connectivity index (χ2v) is 13.6. The van der Waals surface area contributed by atoms with Crippen molar-refractivity contribution in [3.05, 3.63) is 172 Å². The second-order valence-electron chi connectivity index (χ2n) is 13.6. The molecule has 5 aromatic carbocycles. The van der Waals surface area contributed by atoms with E-state index in [-0.39, 0.29) is 0 Å². The average Bonchev–Trinajstić information content (AvgIpc) is 3.14. The van der Waals surface area contributed by atoms with Crippen LogP contribution in [0.4, 0.5) is 0 Å².